The van der Waals surface area contributed by atoms with E-state index in [-0.39, 0.29) is 18.0 Å². The lowest BCUT2D eigenvalue weighted by Crippen LogP contribution is -2.29. The number of ether oxygens (including phenoxy) is 2. The summed E-state index contributed by atoms with van der Waals surface area (Å²) in [5, 5.41) is 8.09. The topological polar surface area (TPSA) is 82.5 Å². The normalized spacial score (nSPS) is 12.8. The van der Waals surface area contributed by atoms with Crippen molar-refractivity contribution < 1.29 is 14.3 Å². The summed E-state index contributed by atoms with van der Waals surface area (Å²) in [6.07, 6.45) is 1.57. The van der Waals surface area contributed by atoms with Crippen LogP contribution in [0.3, 0.4) is 0 Å². The van der Waals surface area contributed by atoms with Gasteiger partial charge in [0.25, 0.3) is 5.56 Å². The zero-order valence-corrected chi connectivity index (χ0v) is 15.2. The molecule has 1 aliphatic heterocycles. The molecule has 0 bridgehead atoms. The van der Waals surface area contributed by atoms with Crippen LogP contribution in [-0.2, 0) is 11.3 Å². The Morgan fingerprint density at radius 1 is 1.19 bits per heavy atom. The molecule has 3 aromatic rings. The number of anilines is 1. The second-order valence-electron chi connectivity index (χ2n) is 5.72. The van der Waals surface area contributed by atoms with Gasteiger partial charge in [0.05, 0.1) is 17.3 Å². The van der Waals surface area contributed by atoms with E-state index in [0.29, 0.717) is 40.3 Å². The zero-order chi connectivity index (χ0) is 18.1. The summed E-state index contributed by atoms with van der Waals surface area (Å²) < 4.78 is 12.8. The molecule has 8 heteroatoms. The first kappa shape index (κ1) is 16.6. The second-order valence-corrected chi connectivity index (χ2v) is 6.57. The van der Waals surface area contributed by atoms with Crippen molar-refractivity contribution >= 4 is 38.3 Å². The van der Waals surface area contributed by atoms with E-state index in [0.717, 1.165) is 10.1 Å². The maximum absolute atomic E-state index is 12.4. The molecule has 0 fully saturated rings. The van der Waals surface area contributed by atoms with Gasteiger partial charge in [-0.05, 0) is 22.0 Å². The summed E-state index contributed by atoms with van der Waals surface area (Å²) in [5.41, 5.74) is 0.229. The zero-order valence-electron chi connectivity index (χ0n) is 13.6. The highest BCUT2D eigenvalue weighted by molar-refractivity contribution is 9.10. The van der Waals surface area contributed by atoms with Crippen molar-refractivity contribution in [2.75, 3.05) is 18.5 Å². The first-order valence-corrected chi connectivity index (χ1v) is 8.75. The van der Waals surface area contributed by atoms with Gasteiger partial charge in [-0.15, -0.1) is 0 Å². The van der Waals surface area contributed by atoms with E-state index in [4.69, 9.17) is 9.47 Å². The molecule has 26 heavy (non-hydrogen) atoms. The van der Waals surface area contributed by atoms with E-state index in [1.165, 1.54) is 0 Å². The number of benzene rings is 2. The van der Waals surface area contributed by atoms with E-state index >= 15 is 0 Å². The number of fused-ring (bicyclic) bond motifs is 2. The molecule has 0 saturated heterocycles. The summed E-state index contributed by atoms with van der Waals surface area (Å²) >= 11 is 3.40. The Bertz CT molecular complexity index is 1060. The predicted molar refractivity (Wildman–Crippen MR) is 99.8 cm³/mol. The van der Waals surface area contributed by atoms with Gasteiger partial charge in [0.1, 0.15) is 19.8 Å². The Kier molecular flexibility index (Phi) is 4.34. The molecule has 0 saturated carbocycles. The van der Waals surface area contributed by atoms with E-state index < -0.39 is 0 Å². The third-order valence-electron chi connectivity index (χ3n) is 3.96. The largest absolute Gasteiger partial charge is 0.486 e. The van der Waals surface area contributed by atoms with Crippen LogP contribution in [0.2, 0.25) is 0 Å². The van der Waals surface area contributed by atoms with Crippen molar-refractivity contribution in [1.82, 2.24) is 9.78 Å². The molecular formula is C18H14BrN3O4. The van der Waals surface area contributed by atoms with Crippen molar-refractivity contribution in [3.05, 3.63) is 57.4 Å². The van der Waals surface area contributed by atoms with Crippen LogP contribution in [0.15, 0.2) is 51.9 Å². The summed E-state index contributed by atoms with van der Waals surface area (Å²) in [6, 6.07) is 10.6. The van der Waals surface area contributed by atoms with Gasteiger partial charge in [0.15, 0.2) is 11.5 Å². The number of rotatable bonds is 3. The number of hydrogen-bond acceptors (Lipinski definition) is 5. The molecule has 0 unspecified atom stereocenters. The second kappa shape index (κ2) is 6.80. The monoisotopic (exact) mass is 415 g/mol. The Hall–Kier alpha value is -2.87. The van der Waals surface area contributed by atoms with Gasteiger partial charge >= 0.3 is 0 Å². The van der Waals surface area contributed by atoms with Crippen molar-refractivity contribution in [2.45, 2.75) is 6.54 Å². The van der Waals surface area contributed by atoms with E-state index in [1.54, 1.807) is 36.5 Å². The number of nitrogens with zero attached hydrogens (tertiary/aromatic N) is 2. The molecule has 0 atom stereocenters. The number of nitrogens with one attached hydrogen (secondary N) is 1. The highest BCUT2D eigenvalue weighted by Gasteiger charge is 2.17. The average Bonchev–Trinajstić information content (AvgIpc) is 2.65. The Morgan fingerprint density at radius 2 is 1.92 bits per heavy atom. The Balaban J connectivity index is 1.56. The molecule has 0 aliphatic carbocycles. The van der Waals surface area contributed by atoms with Crippen LogP contribution in [0.25, 0.3) is 10.8 Å². The van der Waals surface area contributed by atoms with Crippen LogP contribution in [0.4, 0.5) is 5.69 Å². The van der Waals surface area contributed by atoms with Crippen molar-refractivity contribution in [3.8, 4) is 11.5 Å². The molecule has 2 aromatic carbocycles. The van der Waals surface area contributed by atoms with Crippen LogP contribution < -0.4 is 20.3 Å². The molecule has 1 N–H and O–H groups in total. The van der Waals surface area contributed by atoms with Gasteiger partial charge in [-0.25, -0.2) is 4.68 Å². The van der Waals surface area contributed by atoms with Gasteiger partial charge in [-0.3, -0.25) is 9.59 Å². The lowest BCUT2D eigenvalue weighted by atomic mass is 10.2. The fraction of sp³-hybridized carbons (Fsp3) is 0.167. The summed E-state index contributed by atoms with van der Waals surface area (Å²) in [7, 11) is 0. The molecule has 1 aliphatic rings. The number of carbonyl (C=O) groups is 1. The molecule has 7 nitrogen and oxygen atoms in total. The number of carbonyl (C=O) groups excluding carboxylic acids is 1. The predicted octanol–water partition coefficient (Wildman–Crippen LogP) is 2.57. The van der Waals surface area contributed by atoms with Crippen LogP contribution in [0.5, 0.6) is 11.5 Å². The first-order chi connectivity index (χ1) is 12.6. The standard InChI is InChI=1S/C18H14BrN3O4/c19-13-7-15-16(26-6-5-25-15)8-14(13)21-17(23)10-22-18(24)12-4-2-1-3-11(12)9-20-22/h1-4,7-9H,5-6,10H2,(H,21,23). The fourth-order valence-corrected chi connectivity index (χ4v) is 3.15. The van der Waals surface area contributed by atoms with Crippen LogP contribution in [0, 0.1) is 0 Å². The summed E-state index contributed by atoms with van der Waals surface area (Å²) in [4.78, 5) is 24.8. The SMILES string of the molecule is O=C(Cn1ncc2ccccc2c1=O)Nc1cc2c(cc1Br)OCCO2. The molecular weight excluding hydrogens is 402 g/mol. The maximum Gasteiger partial charge on any atom is 0.275 e. The summed E-state index contributed by atoms with van der Waals surface area (Å²) in [5.74, 6) is 0.816. The molecule has 4 rings (SSSR count). The Morgan fingerprint density at radius 3 is 2.73 bits per heavy atom. The number of hydrogen-bond donors (Lipinski definition) is 1. The van der Waals surface area contributed by atoms with Crippen LogP contribution >= 0.6 is 15.9 Å². The number of amides is 1. The number of halogens is 1. The lowest BCUT2D eigenvalue weighted by molar-refractivity contribution is -0.117. The smallest absolute Gasteiger partial charge is 0.275 e. The highest BCUT2D eigenvalue weighted by atomic mass is 79.9. The molecule has 0 radical (unpaired) electrons. The average molecular weight is 416 g/mol. The minimum Gasteiger partial charge on any atom is -0.486 e. The minimum atomic E-state index is -0.368. The maximum atomic E-state index is 12.4. The summed E-state index contributed by atoms with van der Waals surface area (Å²) in [6.45, 7) is 0.755. The van der Waals surface area contributed by atoms with Crippen molar-refractivity contribution in [2.24, 2.45) is 0 Å². The first-order valence-electron chi connectivity index (χ1n) is 7.96. The third-order valence-corrected chi connectivity index (χ3v) is 4.62. The molecule has 2 heterocycles. The van der Waals surface area contributed by atoms with Crippen LogP contribution in [-0.4, -0.2) is 28.9 Å². The quantitative estimate of drug-likeness (QED) is 0.710. The van der Waals surface area contributed by atoms with Gasteiger partial charge in [-0.2, -0.15) is 5.10 Å². The van der Waals surface area contributed by atoms with Crippen LogP contribution in [0.1, 0.15) is 0 Å². The van der Waals surface area contributed by atoms with Crippen molar-refractivity contribution in [1.29, 1.82) is 0 Å². The van der Waals surface area contributed by atoms with E-state index in [2.05, 4.69) is 26.3 Å². The van der Waals surface area contributed by atoms with Gasteiger partial charge in [-0.1, -0.05) is 18.2 Å². The fourth-order valence-electron chi connectivity index (χ4n) is 2.73. The van der Waals surface area contributed by atoms with Gasteiger partial charge in [0, 0.05) is 22.0 Å². The molecule has 0 spiro atoms. The van der Waals surface area contributed by atoms with E-state index in [1.807, 2.05) is 6.07 Å². The van der Waals surface area contributed by atoms with E-state index in [9.17, 15) is 9.59 Å². The lowest BCUT2D eigenvalue weighted by Gasteiger charge is -2.20. The Labute approximate surface area is 156 Å². The number of aromatic nitrogens is 2. The minimum absolute atomic E-state index is 0.190. The molecule has 1 aromatic heterocycles. The van der Waals surface area contributed by atoms with Gasteiger partial charge in [0.2, 0.25) is 5.91 Å². The molecule has 1 amide bonds. The van der Waals surface area contributed by atoms with Crippen molar-refractivity contribution in [3.63, 3.8) is 0 Å². The van der Waals surface area contributed by atoms with Gasteiger partial charge < -0.3 is 14.8 Å². The highest BCUT2D eigenvalue weighted by Crippen LogP contribution is 2.38. The molecule has 132 valence electrons. The third kappa shape index (κ3) is 3.15.